The number of nitrogens with zero attached hydrogens (tertiary/aromatic N) is 2. The van der Waals surface area contributed by atoms with Gasteiger partial charge in [0.05, 0.1) is 21.8 Å². The first-order valence-electron chi connectivity index (χ1n) is 9.33. The van der Waals surface area contributed by atoms with Gasteiger partial charge in [0.1, 0.15) is 5.78 Å². The van der Waals surface area contributed by atoms with Crippen molar-refractivity contribution in [1.82, 2.24) is 9.55 Å². The van der Waals surface area contributed by atoms with Gasteiger partial charge >= 0.3 is 0 Å². The van der Waals surface area contributed by atoms with Crippen LogP contribution < -0.4 is 5.56 Å². The number of aryl methyl sites for hydroxylation is 2. The first kappa shape index (κ1) is 18.0. The number of para-hydroxylation sites is 1. The summed E-state index contributed by atoms with van der Waals surface area (Å²) >= 11 is 1.44. The van der Waals surface area contributed by atoms with Crippen LogP contribution in [0.25, 0.3) is 16.6 Å². The zero-order valence-electron chi connectivity index (χ0n) is 15.6. The molecule has 1 heterocycles. The third-order valence-electron chi connectivity index (χ3n) is 4.96. The number of Topliss-reactive ketones (excluding diaryl/α,β-unsaturated/α-hetero) is 1. The molecule has 0 saturated heterocycles. The normalized spacial score (nSPS) is 17.4. The van der Waals surface area contributed by atoms with Crippen molar-refractivity contribution in [3.05, 3.63) is 63.9 Å². The molecule has 1 atom stereocenters. The van der Waals surface area contributed by atoms with Crippen LogP contribution in [-0.2, 0) is 4.79 Å². The highest BCUT2D eigenvalue weighted by molar-refractivity contribution is 8.00. The van der Waals surface area contributed by atoms with Crippen molar-refractivity contribution >= 4 is 28.4 Å². The summed E-state index contributed by atoms with van der Waals surface area (Å²) in [5.74, 6) is 0.264. The number of benzene rings is 2. The highest BCUT2D eigenvalue weighted by Gasteiger charge is 2.26. The van der Waals surface area contributed by atoms with Crippen molar-refractivity contribution in [2.75, 3.05) is 0 Å². The molecule has 4 rings (SSSR count). The average molecular weight is 378 g/mol. The molecule has 0 aliphatic heterocycles. The number of fused-ring (bicyclic) bond motifs is 1. The van der Waals surface area contributed by atoms with E-state index in [0.717, 1.165) is 36.1 Å². The number of hydrogen-bond donors (Lipinski definition) is 0. The highest BCUT2D eigenvalue weighted by atomic mass is 32.2. The smallest absolute Gasteiger partial charge is 0.266 e. The first-order valence-corrected chi connectivity index (χ1v) is 10.2. The molecule has 27 heavy (non-hydrogen) atoms. The van der Waals surface area contributed by atoms with Crippen LogP contribution in [0.2, 0.25) is 0 Å². The molecule has 0 amide bonds. The van der Waals surface area contributed by atoms with Crippen molar-refractivity contribution in [2.24, 2.45) is 0 Å². The summed E-state index contributed by atoms with van der Waals surface area (Å²) in [4.78, 5) is 30.5. The Balaban J connectivity index is 1.92. The Hall–Kier alpha value is -2.40. The third-order valence-corrected chi connectivity index (χ3v) is 6.22. The molecule has 1 fully saturated rings. The predicted molar refractivity (Wildman–Crippen MR) is 110 cm³/mol. The molecule has 4 nitrogen and oxygen atoms in total. The van der Waals surface area contributed by atoms with Gasteiger partial charge in [-0.05, 0) is 62.1 Å². The van der Waals surface area contributed by atoms with Gasteiger partial charge in [0.15, 0.2) is 5.16 Å². The predicted octanol–water partition coefficient (Wildman–Crippen LogP) is 4.61. The highest BCUT2D eigenvalue weighted by Crippen LogP contribution is 2.32. The van der Waals surface area contributed by atoms with Crippen LogP contribution in [0.1, 0.15) is 36.8 Å². The zero-order chi connectivity index (χ0) is 19.0. The second kappa shape index (κ2) is 7.31. The van der Waals surface area contributed by atoms with E-state index in [-0.39, 0.29) is 16.6 Å². The van der Waals surface area contributed by atoms with Gasteiger partial charge in [0.25, 0.3) is 5.56 Å². The van der Waals surface area contributed by atoms with Crippen LogP contribution in [0.15, 0.2) is 52.4 Å². The number of hydrogen-bond acceptors (Lipinski definition) is 4. The Labute approximate surface area is 162 Å². The lowest BCUT2D eigenvalue weighted by Gasteiger charge is -2.21. The number of carbonyl (C=O) groups is 1. The molecule has 0 spiro atoms. The monoisotopic (exact) mass is 378 g/mol. The number of thioether (sulfide) groups is 1. The molecule has 1 aromatic heterocycles. The molecule has 1 aliphatic rings. The quantitative estimate of drug-likeness (QED) is 0.625. The minimum Gasteiger partial charge on any atom is -0.298 e. The second-order valence-electron chi connectivity index (χ2n) is 7.22. The number of carbonyl (C=O) groups excluding carboxylic acids is 1. The molecule has 1 saturated carbocycles. The van der Waals surface area contributed by atoms with Gasteiger partial charge in [-0.25, -0.2) is 4.98 Å². The zero-order valence-corrected chi connectivity index (χ0v) is 16.4. The van der Waals surface area contributed by atoms with Crippen LogP contribution in [0, 0.1) is 13.8 Å². The fraction of sp³-hybridized carbons (Fsp3) is 0.318. The van der Waals surface area contributed by atoms with E-state index in [0.29, 0.717) is 22.5 Å². The van der Waals surface area contributed by atoms with Crippen molar-refractivity contribution in [1.29, 1.82) is 0 Å². The molecule has 138 valence electrons. The molecule has 3 aromatic rings. The van der Waals surface area contributed by atoms with E-state index in [4.69, 9.17) is 4.98 Å². The van der Waals surface area contributed by atoms with Crippen molar-refractivity contribution in [2.45, 2.75) is 49.9 Å². The van der Waals surface area contributed by atoms with Crippen LogP contribution in [-0.4, -0.2) is 20.6 Å². The minimum absolute atomic E-state index is 0.0867. The van der Waals surface area contributed by atoms with Gasteiger partial charge < -0.3 is 0 Å². The minimum atomic E-state index is -0.121. The van der Waals surface area contributed by atoms with Gasteiger partial charge in [-0.15, -0.1) is 0 Å². The molecule has 0 N–H and O–H groups in total. The fourth-order valence-electron chi connectivity index (χ4n) is 3.70. The molecule has 2 aromatic carbocycles. The standard InChI is InChI=1S/C22H22N2O2S/c1-14-11-15(2)13-16(12-14)24-21(26)17-7-3-4-8-18(17)23-22(24)27-20-10-6-5-9-19(20)25/h3-4,7-8,11-13,20H,5-6,9-10H2,1-2H3/t20-/m0/s1. The van der Waals surface area contributed by atoms with E-state index in [1.54, 1.807) is 4.57 Å². The van der Waals surface area contributed by atoms with Crippen LogP contribution in [0.5, 0.6) is 0 Å². The summed E-state index contributed by atoms with van der Waals surface area (Å²) in [7, 11) is 0. The summed E-state index contributed by atoms with van der Waals surface area (Å²) in [6, 6.07) is 13.5. The number of rotatable bonds is 3. The molecule has 1 aliphatic carbocycles. The van der Waals surface area contributed by atoms with Gasteiger partial charge in [-0.2, -0.15) is 0 Å². The van der Waals surface area contributed by atoms with Gasteiger partial charge in [-0.3, -0.25) is 14.2 Å². The van der Waals surface area contributed by atoms with E-state index in [1.807, 2.05) is 50.2 Å². The average Bonchev–Trinajstić information content (AvgIpc) is 2.63. The van der Waals surface area contributed by atoms with Crippen LogP contribution in [0.4, 0.5) is 0 Å². The summed E-state index contributed by atoms with van der Waals surface area (Å²) in [6.45, 7) is 4.04. The summed E-state index contributed by atoms with van der Waals surface area (Å²) < 4.78 is 1.68. The van der Waals surface area contributed by atoms with Gasteiger partial charge in [-0.1, -0.05) is 36.4 Å². The van der Waals surface area contributed by atoms with Gasteiger partial charge in [0, 0.05) is 6.42 Å². The Kier molecular flexibility index (Phi) is 4.87. The van der Waals surface area contributed by atoms with E-state index in [2.05, 4.69) is 6.07 Å². The van der Waals surface area contributed by atoms with E-state index in [9.17, 15) is 9.59 Å². The maximum Gasteiger partial charge on any atom is 0.266 e. The van der Waals surface area contributed by atoms with Crippen LogP contribution in [0.3, 0.4) is 0 Å². The Morgan fingerprint density at radius 1 is 1.04 bits per heavy atom. The van der Waals surface area contributed by atoms with Gasteiger partial charge in [0.2, 0.25) is 0 Å². The topological polar surface area (TPSA) is 52.0 Å². The largest absolute Gasteiger partial charge is 0.298 e. The maximum atomic E-state index is 13.3. The molecular weight excluding hydrogens is 356 g/mol. The summed E-state index contributed by atoms with van der Waals surface area (Å²) in [5, 5.41) is 1.07. The molecule has 0 bridgehead atoms. The lowest BCUT2D eigenvalue weighted by atomic mass is 9.99. The van der Waals surface area contributed by atoms with Crippen molar-refractivity contribution in [3.63, 3.8) is 0 Å². The van der Waals surface area contributed by atoms with E-state index >= 15 is 0 Å². The third kappa shape index (κ3) is 3.56. The van der Waals surface area contributed by atoms with Crippen molar-refractivity contribution < 1.29 is 4.79 Å². The lowest BCUT2D eigenvalue weighted by molar-refractivity contribution is -0.119. The summed E-state index contributed by atoms with van der Waals surface area (Å²) in [5.41, 5.74) is 3.58. The molecular formula is C22H22N2O2S. The Bertz CT molecular complexity index is 1070. The Morgan fingerprint density at radius 3 is 2.52 bits per heavy atom. The first-order chi connectivity index (χ1) is 13.0. The lowest BCUT2D eigenvalue weighted by Crippen LogP contribution is -2.26. The van der Waals surface area contributed by atoms with E-state index in [1.165, 1.54) is 11.8 Å². The molecule has 0 radical (unpaired) electrons. The summed E-state index contributed by atoms with van der Waals surface area (Å²) in [6.07, 6.45) is 3.48. The van der Waals surface area contributed by atoms with Crippen molar-refractivity contribution in [3.8, 4) is 5.69 Å². The molecule has 0 unspecified atom stereocenters. The Morgan fingerprint density at radius 2 is 1.78 bits per heavy atom. The van der Waals surface area contributed by atoms with Crippen LogP contribution >= 0.6 is 11.8 Å². The number of aromatic nitrogens is 2. The maximum absolute atomic E-state index is 13.3. The van der Waals surface area contributed by atoms with E-state index < -0.39 is 0 Å². The fourth-order valence-corrected chi connectivity index (χ4v) is 4.93. The second-order valence-corrected chi connectivity index (χ2v) is 8.39. The SMILES string of the molecule is Cc1cc(C)cc(-n2c(S[C@H]3CCCCC3=O)nc3ccccc3c2=O)c1. The number of ketones is 1. The molecule has 5 heteroatoms.